The minimum absolute atomic E-state index is 0.331. The molecular weight excluding hydrogens is 336 g/mol. The number of methoxy groups -OCH3 is 2. The number of anilines is 1. The Bertz CT molecular complexity index is 820. The van der Waals surface area contributed by atoms with Crippen LogP contribution in [0.25, 0.3) is 21.7 Å². The topological polar surface area (TPSA) is 69.2 Å². The number of rotatable bonds is 7. The largest absolute Gasteiger partial charge is 0.365 e. The van der Waals surface area contributed by atoms with Gasteiger partial charge in [0.25, 0.3) is 0 Å². The molecule has 0 saturated heterocycles. The number of aryl methyl sites for hydroxylation is 1. The molecule has 0 aliphatic rings. The van der Waals surface area contributed by atoms with Crippen molar-refractivity contribution in [1.82, 2.24) is 15.0 Å². The Morgan fingerprint density at radius 1 is 1.12 bits per heavy atom. The van der Waals surface area contributed by atoms with Gasteiger partial charge in [0.15, 0.2) is 6.29 Å². The van der Waals surface area contributed by atoms with E-state index < -0.39 is 0 Å². The summed E-state index contributed by atoms with van der Waals surface area (Å²) in [6.07, 6.45) is 3.35. The molecule has 1 N–H and O–H groups in total. The van der Waals surface area contributed by atoms with Crippen LogP contribution in [0.1, 0.15) is 5.82 Å². The molecule has 0 bridgehead atoms. The summed E-state index contributed by atoms with van der Waals surface area (Å²) in [6.45, 7) is 2.37. The van der Waals surface area contributed by atoms with Crippen LogP contribution in [0.15, 0.2) is 42.0 Å². The van der Waals surface area contributed by atoms with Gasteiger partial charge < -0.3 is 14.8 Å². The van der Waals surface area contributed by atoms with E-state index in [1.54, 1.807) is 25.6 Å². The Kier molecular flexibility index (Phi) is 5.70. The summed E-state index contributed by atoms with van der Waals surface area (Å²) in [5.41, 5.74) is 2.86. The fourth-order valence-electron chi connectivity index (χ4n) is 2.41. The monoisotopic (exact) mass is 356 g/mol. The minimum atomic E-state index is -0.331. The molecule has 3 heterocycles. The van der Waals surface area contributed by atoms with E-state index >= 15 is 0 Å². The highest BCUT2D eigenvalue weighted by Gasteiger charge is 2.09. The molecule has 0 amide bonds. The van der Waals surface area contributed by atoms with Crippen LogP contribution >= 0.6 is 11.3 Å². The summed E-state index contributed by atoms with van der Waals surface area (Å²) in [6, 6.07) is 8.12. The fraction of sp³-hybridized carbons (Fsp3) is 0.278. The van der Waals surface area contributed by atoms with Gasteiger partial charge in [0.1, 0.15) is 11.6 Å². The third kappa shape index (κ3) is 4.39. The van der Waals surface area contributed by atoms with Crippen molar-refractivity contribution in [2.24, 2.45) is 0 Å². The highest BCUT2D eigenvalue weighted by atomic mass is 32.1. The van der Waals surface area contributed by atoms with Crippen molar-refractivity contribution in [3.8, 4) is 21.7 Å². The molecule has 0 unspecified atom stereocenters. The summed E-state index contributed by atoms with van der Waals surface area (Å²) in [4.78, 5) is 14.5. The van der Waals surface area contributed by atoms with E-state index in [1.807, 2.05) is 31.5 Å². The van der Waals surface area contributed by atoms with Crippen LogP contribution in [-0.4, -0.2) is 42.0 Å². The number of hydrogen-bond donors (Lipinski definition) is 1. The molecule has 0 aliphatic heterocycles. The van der Waals surface area contributed by atoms with Crippen LogP contribution in [0, 0.1) is 6.92 Å². The van der Waals surface area contributed by atoms with E-state index in [0.717, 1.165) is 22.6 Å². The molecule has 130 valence electrons. The van der Waals surface area contributed by atoms with Gasteiger partial charge in [-0.2, -0.15) is 0 Å². The Morgan fingerprint density at radius 2 is 1.92 bits per heavy atom. The highest BCUT2D eigenvalue weighted by Crippen LogP contribution is 2.28. The van der Waals surface area contributed by atoms with Crippen molar-refractivity contribution in [1.29, 1.82) is 0 Å². The van der Waals surface area contributed by atoms with Crippen LogP contribution in [-0.2, 0) is 9.47 Å². The van der Waals surface area contributed by atoms with Gasteiger partial charge in [0, 0.05) is 48.7 Å². The van der Waals surface area contributed by atoms with E-state index in [0.29, 0.717) is 12.4 Å². The average Bonchev–Trinajstić information content (AvgIpc) is 3.17. The summed E-state index contributed by atoms with van der Waals surface area (Å²) < 4.78 is 10.4. The lowest BCUT2D eigenvalue weighted by Gasteiger charge is -2.15. The normalized spacial score (nSPS) is 11.0. The first kappa shape index (κ1) is 17.5. The van der Waals surface area contributed by atoms with Crippen LogP contribution in [0.3, 0.4) is 0 Å². The van der Waals surface area contributed by atoms with Crippen molar-refractivity contribution in [3.05, 3.63) is 47.9 Å². The van der Waals surface area contributed by atoms with Crippen LogP contribution in [0.4, 0.5) is 5.82 Å². The van der Waals surface area contributed by atoms with Crippen molar-refractivity contribution in [2.45, 2.75) is 13.2 Å². The molecule has 0 aromatic carbocycles. The van der Waals surface area contributed by atoms with E-state index in [1.165, 1.54) is 4.88 Å². The van der Waals surface area contributed by atoms with Gasteiger partial charge in [-0.3, -0.25) is 4.98 Å². The number of ether oxygens (including phenoxy) is 2. The third-order valence-electron chi connectivity index (χ3n) is 3.65. The second-order valence-corrected chi connectivity index (χ2v) is 6.35. The van der Waals surface area contributed by atoms with Gasteiger partial charge in [-0.1, -0.05) is 6.07 Å². The maximum atomic E-state index is 5.19. The smallest absolute Gasteiger partial charge is 0.173 e. The summed E-state index contributed by atoms with van der Waals surface area (Å²) in [5, 5.41) is 5.28. The fourth-order valence-corrected chi connectivity index (χ4v) is 3.12. The second kappa shape index (κ2) is 8.15. The van der Waals surface area contributed by atoms with Crippen molar-refractivity contribution in [3.63, 3.8) is 0 Å². The molecule has 0 radical (unpaired) electrons. The number of thiophene rings is 1. The number of nitrogens with zero attached hydrogens (tertiary/aromatic N) is 3. The standard InChI is InChI=1S/C18H20N4O2S/c1-12-21-15(8-17(22-12)20-11-18(23-2)24-3)13-7-14(10-19-9-13)16-5-4-6-25-16/h4-10,18H,11H2,1-3H3,(H,20,21,22). The molecule has 0 aliphatic carbocycles. The van der Waals surface area contributed by atoms with Crippen LogP contribution in [0.2, 0.25) is 0 Å². The first-order valence-electron chi connectivity index (χ1n) is 7.84. The van der Waals surface area contributed by atoms with E-state index in [4.69, 9.17) is 9.47 Å². The molecule has 3 aromatic rings. The number of aromatic nitrogens is 3. The molecule has 3 aromatic heterocycles. The van der Waals surface area contributed by atoms with Crippen LogP contribution < -0.4 is 5.32 Å². The second-order valence-electron chi connectivity index (χ2n) is 5.41. The van der Waals surface area contributed by atoms with E-state index in [9.17, 15) is 0 Å². The Labute approximate surface area is 150 Å². The molecule has 0 saturated carbocycles. The van der Waals surface area contributed by atoms with Crippen molar-refractivity contribution >= 4 is 17.2 Å². The lowest BCUT2D eigenvalue weighted by Crippen LogP contribution is -2.24. The predicted octanol–water partition coefficient (Wildman–Crippen LogP) is 3.61. The lowest BCUT2D eigenvalue weighted by molar-refractivity contribution is -0.0914. The van der Waals surface area contributed by atoms with E-state index in [2.05, 4.69) is 37.8 Å². The maximum absolute atomic E-state index is 5.19. The molecule has 0 fully saturated rings. The number of pyridine rings is 1. The molecule has 7 heteroatoms. The Hall–Kier alpha value is -2.35. The van der Waals surface area contributed by atoms with Gasteiger partial charge in [0.2, 0.25) is 0 Å². The Balaban J connectivity index is 1.86. The third-order valence-corrected chi connectivity index (χ3v) is 4.57. The van der Waals surface area contributed by atoms with Gasteiger partial charge in [0.05, 0.1) is 12.2 Å². The summed E-state index contributed by atoms with van der Waals surface area (Å²) in [5.74, 6) is 1.41. The van der Waals surface area contributed by atoms with Crippen molar-refractivity contribution < 1.29 is 9.47 Å². The zero-order valence-electron chi connectivity index (χ0n) is 14.4. The Morgan fingerprint density at radius 3 is 2.64 bits per heavy atom. The van der Waals surface area contributed by atoms with E-state index in [-0.39, 0.29) is 6.29 Å². The molecule has 6 nitrogen and oxygen atoms in total. The SMILES string of the molecule is COC(CNc1cc(-c2cncc(-c3cccs3)c2)nc(C)n1)OC. The zero-order chi connectivity index (χ0) is 17.6. The molecular formula is C18H20N4O2S. The average molecular weight is 356 g/mol. The van der Waals surface area contributed by atoms with Crippen LogP contribution in [0.5, 0.6) is 0 Å². The highest BCUT2D eigenvalue weighted by molar-refractivity contribution is 7.13. The summed E-state index contributed by atoms with van der Waals surface area (Å²) >= 11 is 1.69. The van der Waals surface area contributed by atoms with Gasteiger partial charge in [-0.15, -0.1) is 11.3 Å². The molecule has 25 heavy (non-hydrogen) atoms. The maximum Gasteiger partial charge on any atom is 0.173 e. The molecule has 0 atom stereocenters. The quantitative estimate of drug-likeness (QED) is 0.652. The molecule has 0 spiro atoms. The predicted molar refractivity (Wildman–Crippen MR) is 99.6 cm³/mol. The first-order chi connectivity index (χ1) is 12.2. The molecule has 3 rings (SSSR count). The minimum Gasteiger partial charge on any atom is -0.365 e. The summed E-state index contributed by atoms with van der Waals surface area (Å²) in [7, 11) is 3.21. The van der Waals surface area contributed by atoms with Gasteiger partial charge >= 0.3 is 0 Å². The first-order valence-corrected chi connectivity index (χ1v) is 8.72. The van der Waals surface area contributed by atoms with Gasteiger partial charge in [-0.25, -0.2) is 9.97 Å². The van der Waals surface area contributed by atoms with Crippen molar-refractivity contribution in [2.75, 3.05) is 26.1 Å². The number of nitrogens with one attached hydrogen (secondary N) is 1. The zero-order valence-corrected chi connectivity index (χ0v) is 15.2. The lowest BCUT2D eigenvalue weighted by atomic mass is 10.1. The van der Waals surface area contributed by atoms with Gasteiger partial charge in [-0.05, 0) is 24.4 Å². The number of hydrogen-bond acceptors (Lipinski definition) is 7.